The number of fused-ring (bicyclic) bond motifs is 1. The second kappa shape index (κ2) is 41.8. The molecule has 34 heteroatoms. The molecule has 0 saturated carbocycles. The Morgan fingerprint density at radius 1 is 0.630 bits per heavy atom. The minimum atomic E-state index is -1.73. The lowest BCUT2D eigenvalue weighted by atomic mass is 10.00. The van der Waals surface area contributed by atoms with E-state index in [0.717, 1.165) is 4.68 Å². The fraction of sp³-hybridized carbons (Fsp3) is 0.405. The molecular formula is C74H96N18O15S. The van der Waals surface area contributed by atoms with Gasteiger partial charge in [0, 0.05) is 47.0 Å². The van der Waals surface area contributed by atoms with Gasteiger partial charge in [0.25, 0.3) is 11.8 Å². The second-order valence-corrected chi connectivity index (χ2v) is 27.2. The van der Waals surface area contributed by atoms with E-state index in [2.05, 4.69) is 68.6 Å². The molecule has 0 radical (unpaired) electrons. The number of rotatable bonds is 27. The molecule has 1 aliphatic rings. The first-order valence-electron chi connectivity index (χ1n) is 35.3. The van der Waals surface area contributed by atoms with Gasteiger partial charge in [0.1, 0.15) is 61.0 Å². The Hall–Kier alpha value is -11.0. The van der Waals surface area contributed by atoms with Crippen molar-refractivity contribution in [3.63, 3.8) is 0 Å². The predicted molar refractivity (Wildman–Crippen MR) is 401 cm³/mol. The molecular weight excluding hydrogens is 1410 g/mol. The van der Waals surface area contributed by atoms with Crippen LogP contribution in [0.2, 0.25) is 0 Å². The first-order valence-corrected chi connectivity index (χ1v) is 36.2. The number of aliphatic hydroxyl groups is 2. The highest BCUT2D eigenvalue weighted by molar-refractivity contribution is 7.99. The summed E-state index contributed by atoms with van der Waals surface area (Å²) < 4.78 is 6.88. The summed E-state index contributed by atoms with van der Waals surface area (Å²) >= 11 is 1.31. The summed E-state index contributed by atoms with van der Waals surface area (Å²) in [6, 6.07) is 18.3. The molecule has 7 rings (SSSR count). The van der Waals surface area contributed by atoms with Crippen molar-refractivity contribution in [3.05, 3.63) is 155 Å². The van der Waals surface area contributed by atoms with E-state index >= 15 is 0 Å². The van der Waals surface area contributed by atoms with Crippen LogP contribution in [0, 0.1) is 5.92 Å². The fourth-order valence-electron chi connectivity index (χ4n) is 11.5. The predicted octanol–water partition coefficient (Wildman–Crippen LogP) is -0.760. The van der Waals surface area contributed by atoms with Gasteiger partial charge in [0.2, 0.25) is 53.2 Å². The lowest BCUT2D eigenvalue weighted by molar-refractivity contribution is -0.136. The molecule has 1 fully saturated rings. The molecule has 0 unspecified atom stereocenters. The largest absolute Gasteiger partial charge is 0.443 e. The number of benzene rings is 4. The maximum Gasteiger partial charge on any atom is 0.435 e. The molecule has 3 heterocycles. The summed E-state index contributed by atoms with van der Waals surface area (Å²) in [5, 5.41) is 55.3. The third-order valence-corrected chi connectivity index (χ3v) is 18.3. The van der Waals surface area contributed by atoms with Crippen LogP contribution in [0.25, 0.3) is 23.1 Å². The molecule has 0 spiro atoms. The van der Waals surface area contributed by atoms with Gasteiger partial charge in [-0.3, -0.25) is 57.7 Å². The average Bonchev–Trinajstić information content (AvgIpc) is 1.63. The topological polar surface area (TPSA) is 522 Å². The molecule has 1 aliphatic heterocycles. The van der Waals surface area contributed by atoms with E-state index < -0.39 is 145 Å². The number of aliphatic hydroxyl groups excluding tert-OH is 2. The standard InChI is InChI=1S/C74H96N18O15S/c1-41(2)37-57-70(102)84-52(26-31-75)65(97)83-55(29-34-78)69(101)90-61(42(3)93)72(104)81-36-30-56(68(100)82-53(27-32-76)67(99)88-58(71(103)87-57)38-44-13-7-6-8-14-44)85-66(98)54(28-33-77)86-73(105)62(43(4)94)89-63(95)46-20-18-45(19-21-46)40-107-74(106)92-59-39-48(108-60-17-10-9-16-50(60)64(96)79-5)23-24-49(59)51(91-92)25-22-47-15-11-12-35-80-47/h6-25,35,39,41-43,52-58,61-62,93-94H,26-34,36-38,40,75-78H2,1-5H3,(H,79,96)(H,81,104)(H,82,100)(H,83,97)(H,84,102)(H,85,98)(H,86,105)(H,87,103)(H,88,99)(H,89,95)(H,90,101)/b25-22+/t42-,43-,52+,53+,54+,55+,56+,57+,58-,61+,62+/m1/s1. The molecule has 11 atom stereocenters. The second-order valence-electron chi connectivity index (χ2n) is 26.0. The SMILES string of the molecule is CNC(=O)c1ccccc1Sc1ccc2c(/C=C/c3ccccn3)nn(C(=O)OCc3ccc(C(=O)N[C@H](C(=O)N[C@@H](CCN)C(=O)N[C@H]4CCNC(=O)[C@H]([C@@H](C)O)NC(=O)[C@H](CCN)NC(=O)[C@H](CCN)NC(=O)[C@H](CC(C)C)NC(=O)[C@@H](Cc5ccccc5)NC(=O)[C@H](CCN)NC4=O)[C@@H](C)O)cc3)c2c1. The Bertz CT molecular complexity index is 4150. The average molecular weight is 1510 g/mol. The normalized spacial score (nSPS) is 19.9. The monoisotopic (exact) mass is 1510 g/mol. The number of hydrogen-bond donors (Lipinski definition) is 17. The van der Waals surface area contributed by atoms with Crippen molar-refractivity contribution in [1.82, 2.24) is 73.2 Å². The van der Waals surface area contributed by atoms with E-state index in [-0.39, 0.29) is 88.7 Å². The zero-order valence-electron chi connectivity index (χ0n) is 60.6. The van der Waals surface area contributed by atoms with E-state index in [1.807, 2.05) is 24.3 Å². The number of hydrogen-bond acceptors (Lipinski definition) is 22. The van der Waals surface area contributed by atoms with Crippen LogP contribution in [0.3, 0.4) is 0 Å². The maximum absolute atomic E-state index is 14.7. The van der Waals surface area contributed by atoms with Gasteiger partial charge in [-0.15, -0.1) is 0 Å². The molecule has 6 aromatic rings. The number of nitrogens with two attached hydrogens (primary N) is 4. The highest BCUT2D eigenvalue weighted by atomic mass is 32.2. The van der Waals surface area contributed by atoms with Gasteiger partial charge in [-0.25, -0.2) is 4.79 Å². The zero-order chi connectivity index (χ0) is 78.6. The van der Waals surface area contributed by atoms with E-state index in [1.165, 1.54) is 56.9 Å². The Morgan fingerprint density at radius 3 is 1.82 bits per heavy atom. The van der Waals surface area contributed by atoms with Gasteiger partial charge in [0.05, 0.1) is 34.7 Å². The Kier molecular flexibility index (Phi) is 32.6. The quantitative estimate of drug-likeness (QED) is 0.0301. The Balaban J connectivity index is 1.09. The van der Waals surface area contributed by atoms with E-state index in [4.69, 9.17) is 27.7 Å². The molecule has 1 saturated heterocycles. The summed E-state index contributed by atoms with van der Waals surface area (Å²) in [6.45, 7) is 4.42. The van der Waals surface area contributed by atoms with Crippen LogP contribution < -0.4 is 81.4 Å². The van der Waals surface area contributed by atoms with Crippen LogP contribution in [-0.4, -0.2) is 202 Å². The van der Waals surface area contributed by atoms with Crippen molar-refractivity contribution in [2.45, 2.75) is 156 Å². The number of amides is 11. The number of pyridine rings is 1. The van der Waals surface area contributed by atoms with Crippen LogP contribution in [0.4, 0.5) is 4.79 Å². The summed E-state index contributed by atoms with van der Waals surface area (Å²) in [5.74, 6) is -9.98. The van der Waals surface area contributed by atoms with Gasteiger partial charge in [-0.05, 0) is 162 Å². The molecule has 4 aromatic carbocycles. The number of nitrogens with zero attached hydrogens (tertiary/aromatic N) is 3. The molecule has 2 aromatic heterocycles. The number of ether oxygens (including phenoxy) is 1. The minimum Gasteiger partial charge on any atom is -0.443 e. The highest BCUT2D eigenvalue weighted by Crippen LogP contribution is 2.34. The summed E-state index contributed by atoms with van der Waals surface area (Å²) in [4.78, 5) is 175. The number of carbonyl (C=O) groups is 12. The van der Waals surface area contributed by atoms with E-state index in [1.54, 1.807) is 98.9 Å². The van der Waals surface area contributed by atoms with Crippen molar-refractivity contribution < 1.29 is 72.5 Å². The van der Waals surface area contributed by atoms with E-state index in [0.29, 0.717) is 48.8 Å². The molecule has 0 bridgehead atoms. The van der Waals surface area contributed by atoms with Crippen LogP contribution in [0.1, 0.15) is 109 Å². The first kappa shape index (κ1) is 84.3. The first-order chi connectivity index (χ1) is 51.7. The van der Waals surface area contributed by atoms with Crippen molar-refractivity contribution >= 4 is 106 Å². The summed E-state index contributed by atoms with van der Waals surface area (Å²) in [5.41, 5.74) is 26.7. The molecule has 21 N–H and O–H groups in total. The van der Waals surface area contributed by atoms with Crippen molar-refractivity contribution in [2.24, 2.45) is 28.9 Å². The highest BCUT2D eigenvalue weighted by Gasteiger charge is 2.38. The maximum atomic E-state index is 14.7. The van der Waals surface area contributed by atoms with Crippen molar-refractivity contribution in [1.29, 1.82) is 0 Å². The molecule has 33 nitrogen and oxygen atoms in total. The summed E-state index contributed by atoms with van der Waals surface area (Å²) in [7, 11) is 1.54. The van der Waals surface area contributed by atoms with Gasteiger partial charge in [0.15, 0.2) is 0 Å². The van der Waals surface area contributed by atoms with Crippen LogP contribution >= 0.6 is 11.8 Å². The Labute approximate surface area is 628 Å². The lowest BCUT2D eigenvalue weighted by Gasteiger charge is -2.28. The van der Waals surface area contributed by atoms with Crippen molar-refractivity contribution in [3.8, 4) is 0 Å². The van der Waals surface area contributed by atoms with Gasteiger partial charge >= 0.3 is 6.09 Å². The van der Waals surface area contributed by atoms with E-state index in [9.17, 15) is 67.7 Å². The summed E-state index contributed by atoms with van der Waals surface area (Å²) in [6.07, 6.45) is -0.428. The Morgan fingerprint density at radius 2 is 1.22 bits per heavy atom. The number of aromatic nitrogens is 3. The third kappa shape index (κ3) is 24.5. The molecule has 108 heavy (non-hydrogen) atoms. The van der Waals surface area contributed by atoms with Gasteiger partial charge in [-0.1, -0.05) is 86.3 Å². The van der Waals surface area contributed by atoms with Gasteiger partial charge < -0.3 is 96.4 Å². The number of carbonyl (C=O) groups excluding carboxylic acids is 12. The van der Waals surface area contributed by atoms with Gasteiger partial charge in [-0.2, -0.15) is 9.78 Å². The molecule has 578 valence electrons. The smallest absolute Gasteiger partial charge is 0.435 e. The zero-order valence-corrected chi connectivity index (χ0v) is 61.4. The van der Waals surface area contributed by atoms with Crippen LogP contribution in [0.15, 0.2) is 131 Å². The fourth-order valence-corrected chi connectivity index (χ4v) is 12.4. The third-order valence-electron chi connectivity index (χ3n) is 17.2. The van der Waals surface area contributed by atoms with Crippen molar-refractivity contribution in [2.75, 3.05) is 39.8 Å². The van der Waals surface area contributed by atoms with Crippen LogP contribution in [0.5, 0.6) is 0 Å². The minimum absolute atomic E-state index is 0.00863. The molecule has 11 amide bonds. The lowest BCUT2D eigenvalue weighted by Crippen LogP contribution is -2.61. The molecule has 0 aliphatic carbocycles. The number of nitrogens with one attached hydrogen (secondary N) is 11. The van der Waals surface area contributed by atoms with Crippen LogP contribution in [-0.2, 0) is 60.9 Å².